The fraction of sp³-hybridized carbons (Fsp3) is 0.929. The van der Waals surface area contributed by atoms with Gasteiger partial charge in [0.05, 0.1) is 0 Å². The predicted molar refractivity (Wildman–Crippen MR) is 69.4 cm³/mol. The number of amides is 1. The maximum Gasteiger partial charge on any atom is 0.223 e. The van der Waals surface area contributed by atoms with E-state index in [1.165, 1.54) is 19.3 Å². The van der Waals surface area contributed by atoms with Crippen LogP contribution in [0.4, 0.5) is 0 Å². The number of hydrogen-bond acceptors (Lipinski definition) is 2. The number of carbonyl (C=O) groups excluding carboxylic acids is 1. The molecule has 1 unspecified atom stereocenters. The highest BCUT2D eigenvalue weighted by Gasteiger charge is 2.28. The van der Waals surface area contributed by atoms with Crippen LogP contribution in [0.15, 0.2) is 0 Å². The quantitative estimate of drug-likeness (QED) is 0.770. The van der Waals surface area contributed by atoms with Gasteiger partial charge in [-0.25, -0.2) is 0 Å². The van der Waals surface area contributed by atoms with Crippen LogP contribution in [0.2, 0.25) is 0 Å². The molecule has 0 aromatic heterocycles. The van der Waals surface area contributed by atoms with Gasteiger partial charge in [0.2, 0.25) is 5.91 Å². The van der Waals surface area contributed by atoms with Crippen molar-refractivity contribution in [3.8, 4) is 0 Å². The maximum atomic E-state index is 12.1. The van der Waals surface area contributed by atoms with Gasteiger partial charge >= 0.3 is 0 Å². The first-order chi connectivity index (χ1) is 8.19. The first-order valence-electron chi connectivity index (χ1n) is 7.19. The van der Waals surface area contributed by atoms with Crippen molar-refractivity contribution < 1.29 is 4.79 Å². The predicted octanol–water partition coefficient (Wildman–Crippen LogP) is 2.06. The van der Waals surface area contributed by atoms with Crippen molar-refractivity contribution in [1.29, 1.82) is 0 Å². The van der Waals surface area contributed by atoms with Crippen molar-refractivity contribution in [3.63, 3.8) is 0 Å². The second kappa shape index (κ2) is 5.85. The molecule has 0 aromatic rings. The summed E-state index contributed by atoms with van der Waals surface area (Å²) in [6, 6.07) is 0.363. The van der Waals surface area contributed by atoms with Gasteiger partial charge in [-0.05, 0) is 57.4 Å². The maximum absolute atomic E-state index is 12.1. The molecule has 0 saturated heterocycles. The summed E-state index contributed by atoms with van der Waals surface area (Å²) in [5, 5.41) is 3.18. The fourth-order valence-electron chi connectivity index (χ4n) is 2.93. The van der Waals surface area contributed by atoms with E-state index in [1.807, 2.05) is 0 Å². The van der Waals surface area contributed by atoms with Crippen molar-refractivity contribution in [2.75, 3.05) is 6.54 Å². The molecule has 0 radical (unpaired) electrons. The van der Waals surface area contributed by atoms with Crippen molar-refractivity contribution in [2.45, 2.75) is 57.9 Å². The molecule has 0 aromatic carbocycles. The summed E-state index contributed by atoms with van der Waals surface area (Å²) in [6.07, 6.45) is 8.22. The van der Waals surface area contributed by atoms with Crippen molar-refractivity contribution in [1.82, 2.24) is 5.32 Å². The molecule has 98 valence electrons. The van der Waals surface area contributed by atoms with E-state index >= 15 is 0 Å². The Labute approximate surface area is 105 Å². The van der Waals surface area contributed by atoms with Gasteiger partial charge in [-0.1, -0.05) is 12.8 Å². The van der Waals surface area contributed by atoms with Crippen LogP contribution in [0.5, 0.6) is 0 Å². The smallest absolute Gasteiger partial charge is 0.223 e. The Bertz CT molecular complexity index is 255. The van der Waals surface area contributed by atoms with Gasteiger partial charge in [-0.3, -0.25) is 4.79 Å². The first kappa shape index (κ1) is 12.9. The molecule has 2 rings (SSSR count). The number of carbonyl (C=O) groups is 1. The van der Waals surface area contributed by atoms with E-state index in [0.29, 0.717) is 12.0 Å². The van der Waals surface area contributed by atoms with Crippen molar-refractivity contribution >= 4 is 5.91 Å². The summed E-state index contributed by atoms with van der Waals surface area (Å²) in [4.78, 5) is 12.1. The van der Waals surface area contributed by atoms with Crippen LogP contribution in [-0.2, 0) is 4.79 Å². The molecular weight excluding hydrogens is 212 g/mol. The van der Waals surface area contributed by atoms with Crippen molar-refractivity contribution in [3.05, 3.63) is 0 Å². The highest BCUT2D eigenvalue weighted by atomic mass is 16.1. The molecule has 2 aliphatic rings. The number of hydrogen-bond donors (Lipinski definition) is 2. The Morgan fingerprint density at radius 3 is 2.29 bits per heavy atom. The van der Waals surface area contributed by atoms with E-state index in [2.05, 4.69) is 12.2 Å². The number of nitrogens with one attached hydrogen (secondary N) is 1. The lowest BCUT2D eigenvalue weighted by Gasteiger charge is -2.27. The molecule has 3 heteroatoms. The van der Waals surface area contributed by atoms with Crippen LogP contribution >= 0.6 is 0 Å². The van der Waals surface area contributed by atoms with Gasteiger partial charge in [0.25, 0.3) is 0 Å². The van der Waals surface area contributed by atoms with Crippen LogP contribution in [0.25, 0.3) is 0 Å². The van der Waals surface area contributed by atoms with Gasteiger partial charge in [0.1, 0.15) is 0 Å². The highest BCUT2D eigenvalue weighted by molar-refractivity contribution is 5.78. The fourth-order valence-corrected chi connectivity index (χ4v) is 2.93. The van der Waals surface area contributed by atoms with Crippen LogP contribution in [0.1, 0.15) is 51.9 Å². The van der Waals surface area contributed by atoms with Crippen LogP contribution in [-0.4, -0.2) is 18.5 Å². The lowest BCUT2D eigenvalue weighted by atomic mass is 9.81. The summed E-state index contributed by atoms with van der Waals surface area (Å²) < 4.78 is 0. The van der Waals surface area contributed by atoms with Crippen molar-refractivity contribution in [2.24, 2.45) is 23.5 Å². The van der Waals surface area contributed by atoms with E-state index in [4.69, 9.17) is 5.73 Å². The highest BCUT2D eigenvalue weighted by Crippen LogP contribution is 2.33. The molecule has 17 heavy (non-hydrogen) atoms. The Balaban J connectivity index is 1.68. The third kappa shape index (κ3) is 3.98. The molecule has 2 aliphatic carbocycles. The van der Waals surface area contributed by atoms with Gasteiger partial charge in [-0.15, -0.1) is 0 Å². The molecule has 0 aliphatic heterocycles. The molecule has 1 atom stereocenters. The summed E-state index contributed by atoms with van der Waals surface area (Å²) in [7, 11) is 0. The molecule has 2 saturated carbocycles. The minimum absolute atomic E-state index is 0.249. The van der Waals surface area contributed by atoms with Gasteiger partial charge in [-0.2, -0.15) is 0 Å². The summed E-state index contributed by atoms with van der Waals surface area (Å²) in [5.74, 6) is 2.08. The average molecular weight is 238 g/mol. The second-order valence-electron chi connectivity index (χ2n) is 6.04. The minimum atomic E-state index is 0.249. The lowest BCUT2D eigenvalue weighted by Crippen LogP contribution is -2.39. The molecule has 3 nitrogen and oxygen atoms in total. The van der Waals surface area contributed by atoms with E-state index in [0.717, 1.165) is 38.1 Å². The molecule has 0 bridgehead atoms. The van der Waals surface area contributed by atoms with Gasteiger partial charge in [0.15, 0.2) is 0 Å². The first-order valence-corrected chi connectivity index (χ1v) is 7.19. The zero-order chi connectivity index (χ0) is 12.3. The summed E-state index contributed by atoms with van der Waals surface area (Å²) >= 11 is 0. The summed E-state index contributed by atoms with van der Waals surface area (Å²) in [6.45, 7) is 2.92. The normalized spacial score (nSPS) is 30.9. The van der Waals surface area contributed by atoms with Crippen LogP contribution < -0.4 is 11.1 Å². The van der Waals surface area contributed by atoms with Crippen LogP contribution in [0, 0.1) is 17.8 Å². The van der Waals surface area contributed by atoms with E-state index in [-0.39, 0.29) is 11.8 Å². The van der Waals surface area contributed by atoms with Gasteiger partial charge in [0, 0.05) is 12.0 Å². The third-order valence-electron chi connectivity index (χ3n) is 4.32. The number of rotatable bonds is 5. The Morgan fingerprint density at radius 1 is 1.18 bits per heavy atom. The largest absolute Gasteiger partial charge is 0.353 e. The molecule has 2 fully saturated rings. The molecule has 3 N–H and O–H groups in total. The Morgan fingerprint density at radius 2 is 1.76 bits per heavy atom. The Hall–Kier alpha value is -0.570. The molecule has 0 heterocycles. The zero-order valence-electron chi connectivity index (χ0n) is 11.0. The third-order valence-corrected chi connectivity index (χ3v) is 4.32. The zero-order valence-corrected chi connectivity index (χ0v) is 11.0. The molecule has 1 amide bonds. The number of nitrogens with two attached hydrogens (primary N) is 1. The van der Waals surface area contributed by atoms with E-state index in [9.17, 15) is 4.79 Å². The van der Waals surface area contributed by atoms with Crippen LogP contribution in [0.3, 0.4) is 0 Å². The van der Waals surface area contributed by atoms with E-state index < -0.39 is 0 Å². The second-order valence-corrected chi connectivity index (χ2v) is 6.04. The SMILES string of the molecule is CC(CC1CC1)NC(=O)C1CCC(CN)CC1. The average Bonchev–Trinajstić information content (AvgIpc) is 3.12. The molecular formula is C14H26N2O. The molecule has 0 spiro atoms. The van der Waals surface area contributed by atoms with E-state index in [1.54, 1.807) is 0 Å². The van der Waals surface area contributed by atoms with Gasteiger partial charge < -0.3 is 11.1 Å². The lowest BCUT2D eigenvalue weighted by molar-refractivity contribution is -0.126. The monoisotopic (exact) mass is 238 g/mol. The minimum Gasteiger partial charge on any atom is -0.353 e. The summed E-state index contributed by atoms with van der Waals surface area (Å²) in [5.41, 5.74) is 5.67. The standard InChI is InChI=1S/C14H26N2O/c1-10(8-11-2-3-11)16-14(17)13-6-4-12(9-15)5-7-13/h10-13H,2-9,15H2,1H3,(H,16,17). The topological polar surface area (TPSA) is 55.1 Å². The Kier molecular flexibility index (Phi) is 4.43.